The Labute approximate surface area is 144 Å². The Morgan fingerprint density at radius 2 is 1.84 bits per heavy atom. The fourth-order valence-corrected chi connectivity index (χ4v) is 3.91. The number of carbonyl (C=O) groups is 3. The molecule has 1 aromatic rings. The molecule has 0 radical (unpaired) electrons. The molecule has 2 rings (SSSR count). The number of carbonyl (C=O) groups excluding carboxylic acids is 3. The highest BCUT2D eigenvalue weighted by Crippen LogP contribution is 2.13. The zero-order valence-electron chi connectivity index (χ0n) is 13.3. The Morgan fingerprint density at radius 3 is 2.40 bits per heavy atom. The van der Waals surface area contributed by atoms with E-state index >= 15 is 0 Å². The van der Waals surface area contributed by atoms with Crippen LogP contribution in [0, 0.1) is 0 Å². The molecule has 1 aromatic carbocycles. The number of ether oxygens (including phenoxy) is 2. The largest absolute Gasteiger partial charge is 0.484 e. The van der Waals surface area contributed by atoms with Gasteiger partial charge in [-0.15, -0.1) is 0 Å². The molecule has 1 atom stereocenters. The summed E-state index contributed by atoms with van der Waals surface area (Å²) in [6.45, 7) is -0.782. The SMILES string of the molecule is NC(=O)COc1ccc(C(=O)OCC(=O)NC2CCS(=O)(=O)C2)cc1. The normalized spacial score (nSPS) is 18.3. The van der Waals surface area contributed by atoms with Crippen molar-refractivity contribution in [3.05, 3.63) is 29.8 Å². The average Bonchev–Trinajstić information content (AvgIpc) is 2.89. The molecule has 0 spiro atoms. The highest BCUT2D eigenvalue weighted by Gasteiger charge is 2.29. The molecular formula is C15H18N2O7S. The van der Waals surface area contributed by atoms with E-state index in [2.05, 4.69) is 5.32 Å². The molecule has 1 fully saturated rings. The van der Waals surface area contributed by atoms with Crippen molar-refractivity contribution in [1.29, 1.82) is 0 Å². The first kappa shape index (κ1) is 18.7. The highest BCUT2D eigenvalue weighted by atomic mass is 32.2. The molecule has 0 saturated carbocycles. The van der Waals surface area contributed by atoms with Crippen molar-refractivity contribution < 1.29 is 32.3 Å². The number of benzene rings is 1. The van der Waals surface area contributed by atoms with Crippen molar-refractivity contribution in [3.63, 3.8) is 0 Å². The van der Waals surface area contributed by atoms with Gasteiger partial charge < -0.3 is 20.5 Å². The predicted octanol–water partition coefficient (Wildman–Crippen LogP) is -0.989. The zero-order chi connectivity index (χ0) is 18.4. The molecule has 0 bridgehead atoms. The second-order valence-corrected chi connectivity index (χ2v) is 7.75. The molecule has 9 nitrogen and oxygen atoms in total. The predicted molar refractivity (Wildman–Crippen MR) is 86.6 cm³/mol. The smallest absolute Gasteiger partial charge is 0.338 e. The van der Waals surface area contributed by atoms with Crippen molar-refractivity contribution in [2.45, 2.75) is 12.5 Å². The number of nitrogens with one attached hydrogen (secondary N) is 1. The summed E-state index contributed by atoms with van der Waals surface area (Å²) < 4.78 is 32.6. The molecule has 10 heteroatoms. The van der Waals surface area contributed by atoms with Crippen LogP contribution in [-0.4, -0.2) is 57.0 Å². The van der Waals surface area contributed by atoms with Crippen LogP contribution in [0.3, 0.4) is 0 Å². The quantitative estimate of drug-likeness (QED) is 0.587. The average molecular weight is 370 g/mol. The second-order valence-electron chi connectivity index (χ2n) is 5.52. The van der Waals surface area contributed by atoms with Crippen LogP contribution in [-0.2, 0) is 24.2 Å². The molecule has 1 saturated heterocycles. The summed E-state index contributed by atoms with van der Waals surface area (Å²) in [7, 11) is -3.09. The maximum Gasteiger partial charge on any atom is 0.338 e. The maximum atomic E-state index is 11.9. The first-order valence-electron chi connectivity index (χ1n) is 7.43. The zero-order valence-corrected chi connectivity index (χ0v) is 14.1. The van der Waals surface area contributed by atoms with Crippen LogP contribution < -0.4 is 15.8 Å². The summed E-state index contributed by atoms with van der Waals surface area (Å²) in [4.78, 5) is 34.2. The van der Waals surface area contributed by atoms with Crippen LogP contribution in [0.25, 0.3) is 0 Å². The van der Waals surface area contributed by atoms with Gasteiger partial charge in [-0.1, -0.05) is 0 Å². The Morgan fingerprint density at radius 1 is 1.16 bits per heavy atom. The van der Waals surface area contributed by atoms with E-state index in [0.717, 1.165) is 0 Å². The van der Waals surface area contributed by atoms with Crippen LogP contribution >= 0.6 is 0 Å². The van der Waals surface area contributed by atoms with Gasteiger partial charge in [-0.3, -0.25) is 9.59 Å². The van der Waals surface area contributed by atoms with E-state index < -0.39 is 40.3 Å². The lowest BCUT2D eigenvalue weighted by Gasteiger charge is -2.11. The van der Waals surface area contributed by atoms with Crippen molar-refractivity contribution >= 4 is 27.6 Å². The minimum Gasteiger partial charge on any atom is -0.484 e. The number of esters is 1. The lowest BCUT2D eigenvalue weighted by atomic mass is 10.2. The number of sulfone groups is 1. The molecule has 1 unspecified atom stereocenters. The van der Waals surface area contributed by atoms with Crippen LogP contribution in [0.5, 0.6) is 5.75 Å². The van der Waals surface area contributed by atoms with Gasteiger partial charge in [0.15, 0.2) is 23.1 Å². The number of hydrogen-bond donors (Lipinski definition) is 2. The van der Waals surface area contributed by atoms with Crippen molar-refractivity contribution in [2.75, 3.05) is 24.7 Å². The van der Waals surface area contributed by atoms with Gasteiger partial charge in [-0.05, 0) is 30.7 Å². The monoisotopic (exact) mass is 370 g/mol. The van der Waals surface area contributed by atoms with Gasteiger partial charge in [0.05, 0.1) is 17.1 Å². The molecule has 2 amide bonds. The van der Waals surface area contributed by atoms with Crippen LogP contribution in [0.4, 0.5) is 0 Å². The second kappa shape index (κ2) is 7.97. The summed E-state index contributed by atoms with van der Waals surface area (Å²) in [5, 5.41) is 2.52. The molecule has 3 N–H and O–H groups in total. The fraction of sp³-hybridized carbons (Fsp3) is 0.400. The summed E-state index contributed by atoms with van der Waals surface area (Å²) in [5.41, 5.74) is 5.15. The van der Waals surface area contributed by atoms with Crippen molar-refractivity contribution in [1.82, 2.24) is 5.32 Å². The summed E-state index contributed by atoms with van der Waals surface area (Å²) in [6, 6.07) is 5.31. The number of nitrogens with two attached hydrogens (primary N) is 1. The Hall–Kier alpha value is -2.62. The molecule has 136 valence electrons. The van der Waals surface area contributed by atoms with Gasteiger partial charge in [0.1, 0.15) is 5.75 Å². The summed E-state index contributed by atoms with van der Waals surface area (Å²) in [6.07, 6.45) is 0.356. The van der Waals surface area contributed by atoms with E-state index in [-0.39, 0.29) is 23.7 Å². The summed E-state index contributed by atoms with van der Waals surface area (Å²) in [5.74, 6) is -1.59. The van der Waals surface area contributed by atoms with E-state index in [0.29, 0.717) is 12.2 Å². The van der Waals surface area contributed by atoms with Crippen molar-refractivity contribution in [2.24, 2.45) is 5.73 Å². The van der Waals surface area contributed by atoms with Crippen molar-refractivity contribution in [3.8, 4) is 5.75 Å². The topological polar surface area (TPSA) is 142 Å². The minimum absolute atomic E-state index is 0.0436. The third kappa shape index (κ3) is 6.07. The molecular weight excluding hydrogens is 352 g/mol. The fourth-order valence-electron chi connectivity index (χ4n) is 2.23. The van der Waals surface area contributed by atoms with Gasteiger partial charge in [0.2, 0.25) is 0 Å². The molecule has 1 aliphatic heterocycles. The number of amides is 2. The molecule has 1 aliphatic rings. The van der Waals surface area contributed by atoms with E-state index in [1.807, 2.05) is 0 Å². The first-order chi connectivity index (χ1) is 11.7. The molecule has 0 aliphatic carbocycles. The van der Waals surface area contributed by atoms with Crippen LogP contribution in [0.15, 0.2) is 24.3 Å². The standard InChI is InChI=1S/C15H18N2O7S/c16-13(18)7-23-12-3-1-10(2-4-12)15(20)24-8-14(19)17-11-5-6-25(21,22)9-11/h1-4,11H,5-9H2,(H2,16,18)(H,17,19). The van der Waals surface area contributed by atoms with Crippen LogP contribution in [0.1, 0.15) is 16.8 Å². The maximum absolute atomic E-state index is 11.9. The van der Waals surface area contributed by atoms with E-state index in [9.17, 15) is 22.8 Å². The van der Waals surface area contributed by atoms with Crippen LogP contribution in [0.2, 0.25) is 0 Å². The number of rotatable bonds is 7. The lowest BCUT2D eigenvalue weighted by molar-refractivity contribution is -0.124. The Kier molecular flexibility index (Phi) is 5.97. The molecule has 1 heterocycles. The van der Waals surface area contributed by atoms with Gasteiger partial charge in [-0.25, -0.2) is 13.2 Å². The first-order valence-corrected chi connectivity index (χ1v) is 9.25. The van der Waals surface area contributed by atoms with E-state index in [1.165, 1.54) is 24.3 Å². The van der Waals surface area contributed by atoms with Gasteiger partial charge >= 0.3 is 5.97 Å². The third-order valence-electron chi connectivity index (χ3n) is 3.40. The molecule has 25 heavy (non-hydrogen) atoms. The van der Waals surface area contributed by atoms with Gasteiger partial charge in [0, 0.05) is 6.04 Å². The number of hydrogen-bond acceptors (Lipinski definition) is 7. The third-order valence-corrected chi connectivity index (χ3v) is 5.17. The Bertz CT molecular complexity index is 759. The van der Waals surface area contributed by atoms with Gasteiger partial charge in [-0.2, -0.15) is 0 Å². The highest BCUT2D eigenvalue weighted by molar-refractivity contribution is 7.91. The lowest BCUT2D eigenvalue weighted by Crippen LogP contribution is -2.38. The minimum atomic E-state index is -3.09. The van der Waals surface area contributed by atoms with E-state index in [1.54, 1.807) is 0 Å². The summed E-state index contributed by atoms with van der Waals surface area (Å²) >= 11 is 0. The Balaban J connectivity index is 1.77. The van der Waals surface area contributed by atoms with Gasteiger partial charge in [0.25, 0.3) is 11.8 Å². The number of primary amides is 1. The van der Waals surface area contributed by atoms with E-state index in [4.69, 9.17) is 15.2 Å². The molecule has 0 aromatic heterocycles.